The van der Waals surface area contributed by atoms with Crippen LogP contribution >= 0.6 is 11.3 Å². The van der Waals surface area contributed by atoms with Gasteiger partial charge in [0.1, 0.15) is 9.04 Å². The molecule has 120 valence electrons. The number of hydrogen-bond acceptors (Lipinski definition) is 4. The van der Waals surface area contributed by atoms with Crippen LogP contribution in [0.5, 0.6) is 0 Å². The zero-order valence-electron chi connectivity index (χ0n) is 13.5. The first-order chi connectivity index (χ1) is 10.2. The molecule has 0 N–H and O–H groups in total. The van der Waals surface area contributed by atoms with Gasteiger partial charge in [-0.2, -0.15) is 0 Å². The number of thiophene rings is 1. The Bertz CT molecular complexity index is 760. The average molecular weight is 354 g/mol. The third kappa shape index (κ3) is 3.44. The van der Waals surface area contributed by atoms with Crippen molar-refractivity contribution in [1.82, 2.24) is 4.98 Å². The molecule has 2 heterocycles. The standard InChI is InChI=1S/C16H23NO2S2Si/c1-22(2,3)9-8-21(18,19)15-11-13-10-12-6-4-5-7-14(12)17-16(13)20-15/h10-11H,4-9H2,1-3H3. The van der Waals surface area contributed by atoms with Crippen LogP contribution in [0.3, 0.4) is 0 Å². The number of sulfone groups is 1. The molecule has 0 aromatic carbocycles. The molecule has 0 aliphatic heterocycles. The fourth-order valence-corrected chi connectivity index (χ4v) is 8.56. The summed E-state index contributed by atoms with van der Waals surface area (Å²) in [6, 6.07) is 4.81. The molecule has 0 unspecified atom stereocenters. The van der Waals surface area contributed by atoms with E-state index in [1.54, 1.807) is 0 Å². The van der Waals surface area contributed by atoms with Crippen molar-refractivity contribution in [3.63, 3.8) is 0 Å². The highest BCUT2D eigenvalue weighted by atomic mass is 32.2. The van der Waals surface area contributed by atoms with Crippen molar-refractivity contribution >= 4 is 39.5 Å². The molecule has 22 heavy (non-hydrogen) atoms. The van der Waals surface area contributed by atoms with E-state index in [1.807, 2.05) is 6.07 Å². The van der Waals surface area contributed by atoms with Gasteiger partial charge in [0, 0.05) is 19.2 Å². The number of aromatic nitrogens is 1. The molecule has 0 saturated heterocycles. The van der Waals surface area contributed by atoms with Crippen LogP contribution in [0.15, 0.2) is 16.3 Å². The largest absolute Gasteiger partial charge is 0.242 e. The molecule has 3 nitrogen and oxygen atoms in total. The highest BCUT2D eigenvalue weighted by Gasteiger charge is 2.23. The number of hydrogen-bond donors (Lipinski definition) is 0. The molecule has 1 aliphatic carbocycles. The Morgan fingerprint density at radius 1 is 1.18 bits per heavy atom. The van der Waals surface area contributed by atoms with Gasteiger partial charge in [0.2, 0.25) is 0 Å². The first kappa shape index (κ1) is 16.1. The molecule has 0 atom stereocenters. The molecular weight excluding hydrogens is 330 g/mol. The lowest BCUT2D eigenvalue weighted by Crippen LogP contribution is -2.23. The van der Waals surface area contributed by atoms with Gasteiger partial charge in [-0.1, -0.05) is 19.6 Å². The zero-order valence-corrected chi connectivity index (χ0v) is 16.1. The SMILES string of the molecule is C[Si](C)(C)CCS(=O)(=O)c1cc2cc3c(nc2s1)CCCC3. The smallest absolute Gasteiger partial charge is 0.187 e. The van der Waals surface area contributed by atoms with Gasteiger partial charge >= 0.3 is 0 Å². The predicted molar refractivity (Wildman–Crippen MR) is 96.5 cm³/mol. The van der Waals surface area contributed by atoms with Crippen molar-refractivity contribution in [2.24, 2.45) is 0 Å². The van der Waals surface area contributed by atoms with Crippen LogP contribution in [-0.2, 0) is 22.7 Å². The first-order valence-corrected chi connectivity index (χ1v) is 14.1. The van der Waals surface area contributed by atoms with E-state index in [-0.39, 0.29) is 5.75 Å². The normalized spacial score (nSPS) is 16.0. The highest BCUT2D eigenvalue weighted by Crippen LogP contribution is 2.32. The Morgan fingerprint density at radius 2 is 1.91 bits per heavy atom. The first-order valence-electron chi connectivity index (χ1n) is 7.90. The Kier molecular flexibility index (Phi) is 4.20. The van der Waals surface area contributed by atoms with E-state index in [9.17, 15) is 8.42 Å². The van der Waals surface area contributed by atoms with Gasteiger partial charge in [0.05, 0.1) is 5.75 Å². The third-order valence-electron chi connectivity index (χ3n) is 4.19. The molecule has 0 amide bonds. The summed E-state index contributed by atoms with van der Waals surface area (Å²) in [5, 5.41) is 0.997. The molecule has 0 saturated carbocycles. The molecule has 0 fully saturated rings. The predicted octanol–water partition coefficient (Wildman–Crippen LogP) is 4.29. The second-order valence-electron chi connectivity index (χ2n) is 7.39. The molecule has 0 radical (unpaired) electrons. The van der Waals surface area contributed by atoms with E-state index in [0.717, 1.165) is 29.1 Å². The molecule has 0 bridgehead atoms. The van der Waals surface area contributed by atoms with E-state index in [2.05, 4.69) is 25.7 Å². The number of pyridine rings is 1. The zero-order chi connectivity index (χ0) is 16.0. The summed E-state index contributed by atoms with van der Waals surface area (Å²) in [5.74, 6) is 0.273. The Balaban J connectivity index is 1.94. The summed E-state index contributed by atoms with van der Waals surface area (Å²) < 4.78 is 25.6. The maximum absolute atomic E-state index is 12.6. The summed E-state index contributed by atoms with van der Waals surface area (Å²) in [7, 11) is -4.52. The summed E-state index contributed by atoms with van der Waals surface area (Å²) in [4.78, 5) is 5.60. The van der Waals surface area contributed by atoms with Crippen molar-refractivity contribution in [3.05, 3.63) is 23.4 Å². The van der Waals surface area contributed by atoms with Crippen molar-refractivity contribution in [2.75, 3.05) is 5.75 Å². The number of nitrogens with zero attached hydrogens (tertiary/aromatic N) is 1. The molecule has 6 heteroatoms. The average Bonchev–Trinajstić information content (AvgIpc) is 2.85. The lowest BCUT2D eigenvalue weighted by molar-refractivity contribution is 0.599. The van der Waals surface area contributed by atoms with Crippen LogP contribution < -0.4 is 0 Å². The molecule has 2 aromatic rings. The number of rotatable bonds is 4. The van der Waals surface area contributed by atoms with Gasteiger partial charge in [-0.05, 0) is 49.4 Å². The van der Waals surface area contributed by atoms with E-state index in [4.69, 9.17) is 4.98 Å². The minimum absolute atomic E-state index is 0.273. The maximum atomic E-state index is 12.6. The third-order valence-corrected chi connectivity index (χ3v) is 9.63. The van der Waals surface area contributed by atoms with Gasteiger partial charge in [0.15, 0.2) is 9.84 Å². The van der Waals surface area contributed by atoms with Crippen LogP contribution in [0.4, 0.5) is 0 Å². The Morgan fingerprint density at radius 3 is 2.64 bits per heavy atom. The molecule has 1 aliphatic rings. The van der Waals surface area contributed by atoms with Crippen LogP contribution in [0.2, 0.25) is 25.7 Å². The van der Waals surface area contributed by atoms with Gasteiger partial charge in [0.25, 0.3) is 0 Å². The fourth-order valence-electron chi connectivity index (χ4n) is 2.76. The van der Waals surface area contributed by atoms with Crippen molar-refractivity contribution in [3.8, 4) is 0 Å². The monoisotopic (exact) mass is 353 g/mol. The molecule has 3 rings (SSSR count). The minimum atomic E-state index is -3.17. The maximum Gasteiger partial charge on any atom is 0.187 e. The lowest BCUT2D eigenvalue weighted by atomic mass is 9.96. The lowest BCUT2D eigenvalue weighted by Gasteiger charge is -2.14. The van der Waals surface area contributed by atoms with E-state index in [0.29, 0.717) is 4.21 Å². The van der Waals surface area contributed by atoms with E-state index < -0.39 is 17.9 Å². The summed E-state index contributed by atoms with van der Waals surface area (Å²) in [6.45, 7) is 6.63. The minimum Gasteiger partial charge on any atom is -0.242 e. The van der Waals surface area contributed by atoms with E-state index >= 15 is 0 Å². The fraction of sp³-hybridized carbons (Fsp3) is 0.562. The quantitative estimate of drug-likeness (QED) is 0.771. The van der Waals surface area contributed by atoms with Gasteiger partial charge in [-0.25, -0.2) is 13.4 Å². The van der Waals surface area contributed by atoms with Crippen LogP contribution in [0.25, 0.3) is 10.2 Å². The van der Waals surface area contributed by atoms with Gasteiger partial charge in [-0.3, -0.25) is 0 Å². The Hall–Kier alpha value is -0.723. The van der Waals surface area contributed by atoms with Crippen molar-refractivity contribution in [1.29, 1.82) is 0 Å². The molecule has 0 spiro atoms. The van der Waals surface area contributed by atoms with Crippen molar-refractivity contribution in [2.45, 2.75) is 55.6 Å². The van der Waals surface area contributed by atoms with Crippen LogP contribution in [-0.4, -0.2) is 27.2 Å². The van der Waals surface area contributed by atoms with E-state index in [1.165, 1.54) is 35.4 Å². The van der Waals surface area contributed by atoms with Gasteiger partial charge < -0.3 is 0 Å². The highest BCUT2D eigenvalue weighted by molar-refractivity contribution is 7.93. The second-order valence-corrected chi connectivity index (χ2v) is 16.4. The summed E-state index contributed by atoms with van der Waals surface area (Å²) >= 11 is 1.34. The Labute approximate surface area is 137 Å². The summed E-state index contributed by atoms with van der Waals surface area (Å²) in [5.41, 5.74) is 2.48. The van der Waals surface area contributed by atoms with Crippen molar-refractivity contribution < 1.29 is 8.42 Å². The van der Waals surface area contributed by atoms with Crippen LogP contribution in [0, 0.1) is 0 Å². The number of fused-ring (bicyclic) bond motifs is 2. The summed E-state index contributed by atoms with van der Waals surface area (Å²) in [6.07, 6.45) is 4.51. The van der Waals surface area contributed by atoms with Gasteiger partial charge in [-0.15, -0.1) is 11.3 Å². The molecule has 2 aromatic heterocycles. The topological polar surface area (TPSA) is 47.0 Å². The van der Waals surface area contributed by atoms with Crippen LogP contribution in [0.1, 0.15) is 24.1 Å². The molecular formula is C16H23NO2S2Si. The number of aryl methyl sites for hydroxylation is 2. The second kappa shape index (κ2) is 5.73.